The van der Waals surface area contributed by atoms with Crippen molar-refractivity contribution in [3.63, 3.8) is 0 Å². The lowest BCUT2D eigenvalue weighted by atomic mass is 9.99. The third-order valence-electron chi connectivity index (χ3n) is 4.83. The smallest absolute Gasteiger partial charge is 0.207 e. The average molecular weight is 473 g/mol. The van der Waals surface area contributed by atoms with Gasteiger partial charge in [-0.2, -0.15) is 17.9 Å². The van der Waals surface area contributed by atoms with E-state index < -0.39 is 21.9 Å². The first kappa shape index (κ1) is 19.8. The van der Waals surface area contributed by atoms with Gasteiger partial charge in [-0.1, -0.05) is 57.9 Å². The second kappa shape index (κ2) is 7.72. The van der Waals surface area contributed by atoms with Crippen molar-refractivity contribution in [3.05, 3.63) is 99.8 Å². The van der Waals surface area contributed by atoms with Crippen LogP contribution in [-0.2, 0) is 10.0 Å². The molecule has 1 heterocycles. The minimum Gasteiger partial charge on any atom is -0.207 e. The van der Waals surface area contributed by atoms with Crippen LogP contribution in [0.5, 0.6) is 0 Å². The Morgan fingerprint density at radius 2 is 1.76 bits per heavy atom. The van der Waals surface area contributed by atoms with E-state index >= 15 is 0 Å². The van der Waals surface area contributed by atoms with Crippen molar-refractivity contribution in [1.29, 1.82) is 0 Å². The molecule has 0 bridgehead atoms. The average Bonchev–Trinajstić information content (AvgIpc) is 3.15. The third-order valence-corrected chi connectivity index (χ3v) is 7.02. The largest absolute Gasteiger partial charge is 0.279 e. The molecule has 1 atom stereocenters. The summed E-state index contributed by atoms with van der Waals surface area (Å²) in [5.41, 5.74) is 2.98. The first-order chi connectivity index (χ1) is 13.8. The molecule has 0 aromatic heterocycles. The number of rotatable bonds is 4. The highest BCUT2D eigenvalue weighted by Crippen LogP contribution is 2.37. The van der Waals surface area contributed by atoms with Gasteiger partial charge in [-0.15, -0.1) is 0 Å². The Bertz CT molecular complexity index is 1190. The Kier molecular flexibility index (Phi) is 5.27. The predicted molar refractivity (Wildman–Crippen MR) is 115 cm³/mol. The van der Waals surface area contributed by atoms with Gasteiger partial charge in [-0.3, -0.25) is 0 Å². The molecule has 29 heavy (non-hydrogen) atoms. The number of aryl methyl sites for hydroxylation is 1. The second-order valence-corrected chi connectivity index (χ2v) is 9.63. The third kappa shape index (κ3) is 3.97. The van der Waals surface area contributed by atoms with Crippen LogP contribution in [-0.4, -0.2) is 18.5 Å². The van der Waals surface area contributed by atoms with Crippen molar-refractivity contribution in [2.75, 3.05) is 0 Å². The lowest BCUT2D eigenvalue weighted by Crippen LogP contribution is -2.27. The number of hydrogen-bond acceptors (Lipinski definition) is 3. The van der Waals surface area contributed by atoms with Crippen molar-refractivity contribution in [2.45, 2.75) is 24.3 Å². The van der Waals surface area contributed by atoms with E-state index in [2.05, 4.69) is 21.0 Å². The Morgan fingerprint density at radius 1 is 1.03 bits per heavy atom. The highest BCUT2D eigenvalue weighted by atomic mass is 79.9. The number of benzene rings is 3. The molecule has 3 aromatic rings. The normalized spacial score (nSPS) is 16.7. The van der Waals surface area contributed by atoms with E-state index in [4.69, 9.17) is 0 Å². The zero-order valence-electron chi connectivity index (χ0n) is 15.6. The molecule has 3 aromatic carbocycles. The molecule has 0 N–H and O–H groups in total. The van der Waals surface area contributed by atoms with Gasteiger partial charge in [-0.05, 0) is 54.4 Å². The maximum atomic E-state index is 13.9. The molecule has 4 nitrogen and oxygen atoms in total. The van der Waals surface area contributed by atoms with Gasteiger partial charge in [0.25, 0.3) is 10.0 Å². The molecule has 7 heteroatoms. The number of nitrogens with zero attached hydrogens (tertiary/aromatic N) is 2. The zero-order chi connectivity index (χ0) is 20.6. The van der Waals surface area contributed by atoms with Gasteiger partial charge in [0.2, 0.25) is 0 Å². The molecule has 0 spiro atoms. The summed E-state index contributed by atoms with van der Waals surface area (Å²) in [5.74, 6) is -0.411. The van der Waals surface area contributed by atoms with Crippen LogP contribution >= 0.6 is 15.9 Å². The SMILES string of the molecule is Cc1ccc(S(=O)(=O)N2N=C(c3cccc(Br)c3)C[C@@H]2c2cccc(F)c2)cc1. The fourth-order valence-electron chi connectivity index (χ4n) is 3.33. The lowest BCUT2D eigenvalue weighted by molar-refractivity contribution is 0.370. The van der Waals surface area contributed by atoms with Crippen LogP contribution in [0.3, 0.4) is 0 Å². The molecule has 0 saturated heterocycles. The van der Waals surface area contributed by atoms with Crippen LogP contribution in [0.25, 0.3) is 0 Å². The Morgan fingerprint density at radius 3 is 2.45 bits per heavy atom. The van der Waals surface area contributed by atoms with Crippen LogP contribution in [0.15, 0.2) is 87.3 Å². The van der Waals surface area contributed by atoms with E-state index in [0.717, 1.165) is 20.0 Å². The van der Waals surface area contributed by atoms with Crippen molar-refractivity contribution in [2.24, 2.45) is 5.10 Å². The van der Waals surface area contributed by atoms with E-state index in [1.165, 1.54) is 12.1 Å². The number of hydrazone groups is 1. The van der Waals surface area contributed by atoms with E-state index in [1.54, 1.807) is 36.4 Å². The number of sulfonamides is 1. The van der Waals surface area contributed by atoms with Gasteiger partial charge in [0.15, 0.2) is 0 Å². The van der Waals surface area contributed by atoms with Gasteiger partial charge in [0.1, 0.15) is 5.82 Å². The summed E-state index contributed by atoms with van der Waals surface area (Å²) in [5, 5.41) is 4.48. The molecular weight excluding hydrogens is 455 g/mol. The monoisotopic (exact) mass is 472 g/mol. The summed E-state index contributed by atoms with van der Waals surface area (Å²) in [6, 6.07) is 19.6. The van der Waals surface area contributed by atoms with Crippen molar-refractivity contribution < 1.29 is 12.8 Å². The van der Waals surface area contributed by atoms with Gasteiger partial charge in [0, 0.05) is 10.9 Å². The molecule has 0 unspecified atom stereocenters. The molecular formula is C22H18BrFN2O2S. The van der Waals surface area contributed by atoms with E-state index in [9.17, 15) is 12.8 Å². The predicted octanol–water partition coefficient (Wildman–Crippen LogP) is 5.44. The highest BCUT2D eigenvalue weighted by Gasteiger charge is 2.37. The zero-order valence-corrected chi connectivity index (χ0v) is 18.0. The summed E-state index contributed by atoms with van der Waals surface area (Å²) >= 11 is 3.44. The van der Waals surface area contributed by atoms with E-state index in [0.29, 0.717) is 17.7 Å². The van der Waals surface area contributed by atoms with Crippen LogP contribution in [0.2, 0.25) is 0 Å². The van der Waals surface area contributed by atoms with Crippen LogP contribution in [0, 0.1) is 12.7 Å². The quantitative estimate of drug-likeness (QED) is 0.507. The minimum absolute atomic E-state index is 0.156. The molecule has 0 aliphatic carbocycles. The maximum absolute atomic E-state index is 13.9. The topological polar surface area (TPSA) is 49.7 Å². The van der Waals surface area contributed by atoms with Crippen molar-refractivity contribution >= 4 is 31.7 Å². The summed E-state index contributed by atoms with van der Waals surface area (Å²) in [4.78, 5) is 0.156. The van der Waals surface area contributed by atoms with E-state index in [1.807, 2.05) is 31.2 Å². The summed E-state index contributed by atoms with van der Waals surface area (Å²) in [7, 11) is -3.91. The molecule has 0 amide bonds. The Labute approximate surface area is 177 Å². The van der Waals surface area contributed by atoms with Crippen LogP contribution in [0.1, 0.15) is 29.2 Å². The van der Waals surface area contributed by atoms with Gasteiger partial charge in [-0.25, -0.2) is 4.39 Å². The Hall–Kier alpha value is -2.51. The maximum Gasteiger partial charge on any atom is 0.279 e. The second-order valence-electron chi connectivity index (χ2n) is 6.92. The minimum atomic E-state index is -3.91. The standard InChI is InChI=1S/C22H18BrFN2O2S/c1-15-8-10-20(11-9-15)29(27,28)26-22(17-5-3-7-19(24)13-17)14-21(25-26)16-4-2-6-18(23)12-16/h2-13,22H,14H2,1H3/t22-/m1/s1. The van der Waals surface area contributed by atoms with Gasteiger partial charge < -0.3 is 0 Å². The summed E-state index contributed by atoms with van der Waals surface area (Å²) in [6.45, 7) is 1.89. The molecule has 1 aliphatic heterocycles. The first-order valence-corrected chi connectivity index (χ1v) is 11.3. The number of halogens is 2. The molecule has 0 radical (unpaired) electrons. The Balaban J connectivity index is 1.82. The van der Waals surface area contributed by atoms with Crippen molar-refractivity contribution in [1.82, 2.24) is 4.41 Å². The summed E-state index contributed by atoms with van der Waals surface area (Å²) < 4.78 is 42.6. The molecule has 0 fully saturated rings. The summed E-state index contributed by atoms with van der Waals surface area (Å²) in [6.07, 6.45) is 0.352. The molecule has 1 aliphatic rings. The number of hydrogen-bond donors (Lipinski definition) is 0. The van der Waals surface area contributed by atoms with Crippen LogP contribution in [0.4, 0.5) is 4.39 Å². The fourth-order valence-corrected chi connectivity index (χ4v) is 5.17. The van der Waals surface area contributed by atoms with Crippen LogP contribution < -0.4 is 0 Å². The lowest BCUT2D eigenvalue weighted by Gasteiger charge is -2.23. The molecule has 0 saturated carbocycles. The first-order valence-electron chi connectivity index (χ1n) is 9.04. The molecule has 4 rings (SSSR count). The molecule has 148 valence electrons. The van der Waals surface area contributed by atoms with Gasteiger partial charge in [0.05, 0.1) is 16.6 Å². The van der Waals surface area contributed by atoms with E-state index in [-0.39, 0.29) is 4.90 Å². The van der Waals surface area contributed by atoms with Gasteiger partial charge >= 0.3 is 0 Å². The van der Waals surface area contributed by atoms with Crippen molar-refractivity contribution in [3.8, 4) is 0 Å². The fraction of sp³-hybridized carbons (Fsp3) is 0.136. The highest BCUT2D eigenvalue weighted by molar-refractivity contribution is 9.10.